The molecule has 0 saturated carbocycles. The van der Waals surface area contributed by atoms with Crippen LogP contribution in [0.4, 0.5) is 5.69 Å². The average molecular weight is 533 g/mol. The summed E-state index contributed by atoms with van der Waals surface area (Å²) >= 11 is 0. The number of aromatic hydroxyl groups is 1. The molecule has 1 aromatic heterocycles. The number of hydrogen-bond donors (Lipinski definition) is 3. The molecular weight excluding hydrogens is 500 g/mol. The van der Waals surface area contributed by atoms with E-state index in [0.29, 0.717) is 11.5 Å². The number of carbonyl (C=O) groups is 2. The van der Waals surface area contributed by atoms with Gasteiger partial charge < -0.3 is 29.8 Å². The highest BCUT2D eigenvalue weighted by Crippen LogP contribution is 2.37. The second-order valence-corrected chi connectivity index (χ2v) is 11.3. The molecule has 0 bridgehead atoms. The van der Waals surface area contributed by atoms with E-state index in [2.05, 4.69) is 15.0 Å². The van der Waals surface area contributed by atoms with E-state index in [-0.39, 0.29) is 29.4 Å². The Balaban J connectivity index is 2.15. The average Bonchev–Trinajstić information content (AvgIpc) is 3.31. The molecule has 0 saturated heterocycles. The number of phenols is 1. The number of amidine groups is 1. The van der Waals surface area contributed by atoms with Crippen molar-refractivity contribution in [2.75, 3.05) is 26.0 Å². The summed E-state index contributed by atoms with van der Waals surface area (Å²) in [5, 5.41) is 16.7. The number of nitrogens with one attached hydrogen (secondary N) is 2. The van der Waals surface area contributed by atoms with Crippen molar-refractivity contribution in [3.8, 4) is 5.75 Å². The van der Waals surface area contributed by atoms with Crippen molar-refractivity contribution in [1.82, 2.24) is 10.2 Å². The van der Waals surface area contributed by atoms with E-state index < -0.39 is 44.0 Å². The number of ether oxygens (including phenoxy) is 1. The number of carbonyl (C=O) groups excluding carboxylic acids is 2. The molecule has 1 aromatic carbocycles. The Labute approximate surface area is 216 Å². The van der Waals surface area contributed by atoms with Crippen LogP contribution in [0.3, 0.4) is 0 Å². The first kappa shape index (κ1) is 27.8. The third kappa shape index (κ3) is 5.79. The van der Waals surface area contributed by atoms with Crippen molar-refractivity contribution in [3.05, 3.63) is 58.0 Å². The smallest absolute Gasteiger partial charge is 0.354 e. The van der Waals surface area contributed by atoms with Gasteiger partial charge in [-0.1, -0.05) is 26.8 Å². The molecule has 1 aliphatic heterocycles. The number of benzene rings is 1. The van der Waals surface area contributed by atoms with Gasteiger partial charge in [-0.15, -0.1) is 4.40 Å². The van der Waals surface area contributed by atoms with Gasteiger partial charge in [-0.05, 0) is 43.5 Å². The summed E-state index contributed by atoms with van der Waals surface area (Å²) in [7, 11) is -1.40. The third-order valence-corrected chi connectivity index (χ3v) is 6.83. The highest BCUT2D eigenvalue weighted by Gasteiger charge is 2.41. The summed E-state index contributed by atoms with van der Waals surface area (Å²) in [5.41, 5.74) is -0.716. The number of anilines is 1. The second-order valence-electron chi connectivity index (χ2n) is 9.76. The highest BCUT2D eigenvalue weighted by molar-refractivity contribution is 7.95. The SMILES string of the molecule is CCOC(=O)C1=C(Nc2cccc(C(=O)N(C)C)c2O)C(N[C@@H](c2ccc(C)o2)C(C)(C)C)=NS1(=O)=O. The summed E-state index contributed by atoms with van der Waals surface area (Å²) in [5.74, 6) is -0.953. The third-order valence-electron chi connectivity index (χ3n) is 5.52. The fourth-order valence-corrected chi connectivity index (χ4v) is 4.87. The molecule has 0 unspecified atom stereocenters. The van der Waals surface area contributed by atoms with Gasteiger partial charge in [-0.3, -0.25) is 4.79 Å². The van der Waals surface area contributed by atoms with Crippen molar-refractivity contribution >= 4 is 33.4 Å². The van der Waals surface area contributed by atoms with E-state index in [9.17, 15) is 23.1 Å². The monoisotopic (exact) mass is 532 g/mol. The van der Waals surface area contributed by atoms with Gasteiger partial charge in [0.05, 0.1) is 23.9 Å². The molecule has 2 aromatic rings. The van der Waals surface area contributed by atoms with Crippen LogP contribution in [0.2, 0.25) is 0 Å². The number of aryl methyl sites for hydroxylation is 1. The van der Waals surface area contributed by atoms with Crippen molar-refractivity contribution in [1.29, 1.82) is 0 Å². The maximum Gasteiger partial charge on any atom is 0.354 e. The number of furan rings is 1. The molecule has 0 spiro atoms. The fourth-order valence-electron chi connectivity index (χ4n) is 3.72. The Bertz CT molecular complexity index is 1380. The number of para-hydroxylation sites is 1. The van der Waals surface area contributed by atoms with Crippen LogP contribution in [0.5, 0.6) is 5.75 Å². The van der Waals surface area contributed by atoms with Gasteiger partial charge in [0.25, 0.3) is 15.9 Å². The van der Waals surface area contributed by atoms with Crippen LogP contribution >= 0.6 is 0 Å². The molecule has 3 N–H and O–H groups in total. The molecule has 0 aliphatic carbocycles. The highest BCUT2D eigenvalue weighted by atomic mass is 32.2. The molecule has 1 amide bonds. The quantitative estimate of drug-likeness (QED) is 0.360. The van der Waals surface area contributed by atoms with E-state index in [0.717, 1.165) is 0 Å². The molecule has 12 heteroatoms. The van der Waals surface area contributed by atoms with Crippen LogP contribution in [0.1, 0.15) is 55.6 Å². The minimum absolute atomic E-state index is 0.00255. The minimum Gasteiger partial charge on any atom is -0.505 e. The maximum absolute atomic E-state index is 13.0. The number of nitrogens with zero attached hydrogens (tertiary/aromatic N) is 2. The van der Waals surface area contributed by atoms with Gasteiger partial charge >= 0.3 is 5.97 Å². The Morgan fingerprint density at radius 1 is 1.19 bits per heavy atom. The van der Waals surface area contributed by atoms with E-state index >= 15 is 0 Å². The molecule has 2 heterocycles. The summed E-state index contributed by atoms with van der Waals surface area (Å²) in [6.07, 6.45) is 0. The fraction of sp³-hybridized carbons (Fsp3) is 0.400. The molecular formula is C25H32N4O7S. The lowest BCUT2D eigenvalue weighted by atomic mass is 9.85. The molecule has 1 aliphatic rings. The number of sulfonamides is 1. The zero-order chi connectivity index (χ0) is 27.7. The second kappa shape index (κ2) is 10.3. The number of amides is 1. The predicted molar refractivity (Wildman–Crippen MR) is 139 cm³/mol. The minimum atomic E-state index is -4.47. The number of phenolic OH excluding ortho intramolecular Hbond substituents is 1. The largest absolute Gasteiger partial charge is 0.505 e. The summed E-state index contributed by atoms with van der Waals surface area (Å²) < 4.78 is 40.7. The Hall–Kier alpha value is -3.80. The standard InChI is InChI=1S/C25H32N4O7S/c1-8-35-24(32)20-18(26-16-11-9-10-15(19(16)30)23(31)29(6)7)22(28-37(20,33)34)27-21(25(3,4)5)17-13-12-14(2)36-17/h9-13,21,26,30H,8H2,1-7H3,(H,27,28)/t21-/m0/s1. The predicted octanol–water partition coefficient (Wildman–Crippen LogP) is 3.30. The van der Waals surface area contributed by atoms with Crippen LogP contribution in [0.25, 0.3) is 0 Å². The normalized spacial score (nSPS) is 15.7. The Kier molecular flexibility index (Phi) is 7.72. The van der Waals surface area contributed by atoms with Crippen LogP contribution in [0.15, 0.2) is 49.7 Å². The van der Waals surface area contributed by atoms with Crippen LogP contribution in [-0.4, -0.2) is 56.8 Å². The number of rotatable bonds is 7. The van der Waals surface area contributed by atoms with Gasteiger partial charge in [0.2, 0.25) is 4.91 Å². The first-order valence-electron chi connectivity index (χ1n) is 11.6. The summed E-state index contributed by atoms with van der Waals surface area (Å²) in [6, 6.07) is 7.39. The molecule has 11 nitrogen and oxygen atoms in total. The molecule has 1 atom stereocenters. The topological polar surface area (TPSA) is 151 Å². The first-order chi connectivity index (χ1) is 17.2. The molecule has 200 valence electrons. The van der Waals surface area contributed by atoms with Crippen LogP contribution in [-0.2, 0) is 19.6 Å². The van der Waals surface area contributed by atoms with E-state index in [1.165, 1.54) is 37.2 Å². The van der Waals surface area contributed by atoms with E-state index in [4.69, 9.17) is 9.15 Å². The number of hydrogen-bond acceptors (Lipinski definition) is 9. The molecule has 0 radical (unpaired) electrons. The van der Waals surface area contributed by atoms with Crippen molar-refractivity contribution in [3.63, 3.8) is 0 Å². The zero-order valence-corrected chi connectivity index (χ0v) is 22.7. The van der Waals surface area contributed by atoms with E-state index in [1.54, 1.807) is 26.0 Å². The van der Waals surface area contributed by atoms with Gasteiger partial charge in [0, 0.05) is 14.1 Å². The maximum atomic E-state index is 13.0. The molecule has 3 rings (SSSR count). The van der Waals surface area contributed by atoms with Crippen LogP contribution in [0, 0.1) is 12.3 Å². The van der Waals surface area contributed by atoms with Crippen molar-refractivity contribution in [2.24, 2.45) is 9.81 Å². The zero-order valence-electron chi connectivity index (χ0n) is 21.9. The van der Waals surface area contributed by atoms with E-state index in [1.807, 2.05) is 20.8 Å². The van der Waals surface area contributed by atoms with Crippen molar-refractivity contribution < 1.29 is 32.3 Å². The summed E-state index contributed by atoms with van der Waals surface area (Å²) in [4.78, 5) is 25.8. The van der Waals surface area contributed by atoms with Crippen molar-refractivity contribution in [2.45, 2.75) is 40.7 Å². The van der Waals surface area contributed by atoms with Gasteiger partial charge in [0.1, 0.15) is 17.2 Å². The Morgan fingerprint density at radius 2 is 1.86 bits per heavy atom. The lowest BCUT2D eigenvalue weighted by Gasteiger charge is -2.31. The number of esters is 1. The van der Waals surface area contributed by atoms with Crippen LogP contribution < -0.4 is 10.6 Å². The lowest BCUT2D eigenvalue weighted by Crippen LogP contribution is -2.38. The van der Waals surface area contributed by atoms with Gasteiger partial charge in [-0.25, -0.2) is 4.79 Å². The Morgan fingerprint density at radius 3 is 2.41 bits per heavy atom. The lowest BCUT2D eigenvalue weighted by molar-refractivity contribution is -0.137. The molecule has 0 fully saturated rings. The van der Waals surface area contributed by atoms with Gasteiger partial charge in [-0.2, -0.15) is 8.42 Å². The van der Waals surface area contributed by atoms with Gasteiger partial charge in [0.15, 0.2) is 11.6 Å². The first-order valence-corrected chi connectivity index (χ1v) is 13.0. The summed E-state index contributed by atoms with van der Waals surface area (Å²) in [6.45, 7) is 9.05. The molecule has 37 heavy (non-hydrogen) atoms.